The summed E-state index contributed by atoms with van der Waals surface area (Å²) in [6.45, 7) is 3.74. The number of nitrogens with zero attached hydrogens (tertiary/aromatic N) is 1. The molecule has 66 valence electrons. The van der Waals surface area contributed by atoms with Crippen molar-refractivity contribution >= 4 is 0 Å². The van der Waals surface area contributed by atoms with E-state index in [2.05, 4.69) is 17.3 Å². The highest BCUT2D eigenvalue weighted by atomic mass is 16.2. The van der Waals surface area contributed by atoms with Crippen LogP contribution in [0.1, 0.15) is 12.8 Å². The van der Waals surface area contributed by atoms with E-state index < -0.39 is 0 Å². The van der Waals surface area contributed by atoms with E-state index in [9.17, 15) is 0 Å². The molecular formula is C8H18N2O. The smallest absolute Gasteiger partial charge is 0.0431 e. The molecule has 1 aliphatic rings. The summed E-state index contributed by atoms with van der Waals surface area (Å²) in [6.07, 6.45) is 2.02. The molecule has 0 aromatic rings. The monoisotopic (exact) mass is 158 g/mol. The Balaban J connectivity index is 1.81. The number of aliphatic hydroxyl groups excluding tert-OH is 1. The molecule has 1 aliphatic heterocycles. The first-order valence-corrected chi connectivity index (χ1v) is 4.35. The number of hydrogen-bond acceptors (Lipinski definition) is 3. The van der Waals surface area contributed by atoms with E-state index in [-0.39, 0.29) is 0 Å². The molecular weight excluding hydrogens is 140 g/mol. The lowest BCUT2D eigenvalue weighted by Crippen LogP contribution is -2.56. The highest BCUT2D eigenvalue weighted by molar-refractivity contribution is 4.82. The lowest BCUT2D eigenvalue weighted by atomic mass is 10.1. The molecule has 0 aliphatic carbocycles. The number of nitrogens with one attached hydrogen (secondary N) is 1. The van der Waals surface area contributed by atoms with Gasteiger partial charge in [0.25, 0.3) is 0 Å². The fourth-order valence-corrected chi connectivity index (χ4v) is 1.37. The van der Waals surface area contributed by atoms with Gasteiger partial charge in [0, 0.05) is 25.7 Å². The second-order valence-corrected chi connectivity index (χ2v) is 3.30. The standard InChI is InChI=1S/C8H18N2O/c1-10-6-8(7-10)9-4-2-3-5-11/h8-9,11H,2-7H2,1H3. The van der Waals surface area contributed by atoms with Gasteiger partial charge in [0.15, 0.2) is 0 Å². The van der Waals surface area contributed by atoms with Crippen molar-refractivity contribution in [1.82, 2.24) is 10.2 Å². The van der Waals surface area contributed by atoms with E-state index in [0.717, 1.165) is 19.4 Å². The topological polar surface area (TPSA) is 35.5 Å². The normalized spacial score (nSPS) is 20.2. The highest BCUT2D eigenvalue weighted by Crippen LogP contribution is 2.02. The first kappa shape index (κ1) is 8.97. The van der Waals surface area contributed by atoms with Gasteiger partial charge in [-0.05, 0) is 26.4 Å². The summed E-state index contributed by atoms with van der Waals surface area (Å²) in [5.74, 6) is 0. The molecule has 1 saturated heterocycles. The van der Waals surface area contributed by atoms with Crippen molar-refractivity contribution in [1.29, 1.82) is 0 Å². The van der Waals surface area contributed by atoms with E-state index in [0.29, 0.717) is 12.6 Å². The number of likely N-dealkylation sites (N-methyl/N-ethyl adjacent to an activating group) is 1. The van der Waals surface area contributed by atoms with Crippen LogP contribution in [0.2, 0.25) is 0 Å². The van der Waals surface area contributed by atoms with Crippen LogP contribution in [0, 0.1) is 0 Å². The lowest BCUT2D eigenvalue weighted by Gasteiger charge is -2.36. The molecule has 1 rings (SSSR count). The van der Waals surface area contributed by atoms with Crippen LogP contribution in [0.15, 0.2) is 0 Å². The first-order valence-electron chi connectivity index (χ1n) is 4.35. The van der Waals surface area contributed by atoms with Crippen molar-refractivity contribution in [2.24, 2.45) is 0 Å². The number of unbranched alkanes of at least 4 members (excludes halogenated alkanes) is 1. The molecule has 3 nitrogen and oxygen atoms in total. The third-order valence-electron chi connectivity index (χ3n) is 2.08. The largest absolute Gasteiger partial charge is 0.396 e. The Bertz CT molecular complexity index is 102. The van der Waals surface area contributed by atoms with Crippen LogP contribution in [0.3, 0.4) is 0 Å². The van der Waals surface area contributed by atoms with Gasteiger partial charge in [0.1, 0.15) is 0 Å². The van der Waals surface area contributed by atoms with E-state index in [1.807, 2.05) is 0 Å². The maximum Gasteiger partial charge on any atom is 0.0431 e. The summed E-state index contributed by atoms with van der Waals surface area (Å²) in [5, 5.41) is 11.9. The molecule has 0 aromatic heterocycles. The summed E-state index contributed by atoms with van der Waals surface area (Å²) >= 11 is 0. The third-order valence-corrected chi connectivity index (χ3v) is 2.08. The molecule has 0 atom stereocenters. The maximum absolute atomic E-state index is 8.51. The predicted octanol–water partition coefficient (Wildman–Crippen LogP) is -0.338. The Labute approximate surface area is 68.4 Å². The molecule has 0 radical (unpaired) electrons. The second kappa shape index (κ2) is 4.70. The molecule has 0 aromatic carbocycles. The van der Waals surface area contributed by atoms with Crippen molar-refractivity contribution in [2.45, 2.75) is 18.9 Å². The summed E-state index contributed by atoms with van der Waals surface area (Å²) in [7, 11) is 2.13. The van der Waals surface area contributed by atoms with E-state index in [4.69, 9.17) is 5.11 Å². The van der Waals surface area contributed by atoms with Crippen LogP contribution >= 0.6 is 0 Å². The Kier molecular flexibility index (Phi) is 3.83. The molecule has 11 heavy (non-hydrogen) atoms. The van der Waals surface area contributed by atoms with Gasteiger partial charge < -0.3 is 15.3 Å². The second-order valence-electron chi connectivity index (χ2n) is 3.30. The Morgan fingerprint density at radius 2 is 2.18 bits per heavy atom. The van der Waals surface area contributed by atoms with Crippen molar-refractivity contribution < 1.29 is 5.11 Å². The molecule has 0 saturated carbocycles. The molecule has 0 unspecified atom stereocenters. The van der Waals surface area contributed by atoms with Crippen LogP contribution in [-0.4, -0.2) is 49.3 Å². The summed E-state index contributed by atoms with van der Waals surface area (Å²) < 4.78 is 0. The van der Waals surface area contributed by atoms with Crippen molar-refractivity contribution in [3.63, 3.8) is 0 Å². The number of hydrogen-bond donors (Lipinski definition) is 2. The average molecular weight is 158 g/mol. The highest BCUT2D eigenvalue weighted by Gasteiger charge is 2.21. The molecule has 3 heteroatoms. The molecule has 2 N–H and O–H groups in total. The van der Waals surface area contributed by atoms with Gasteiger partial charge in [-0.25, -0.2) is 0 Å². The fourth-order valence-electron chi connectivity index (χ4n) is 1.37. The number of likely N-dealkylation sites (tertiary alicyclic amines) is 1. The average Bonchev–Trinajstić information content (AvgIpc) is 1.94. The fraction of sp³-hybridized carbons (Fsp3) is 1.00. The van der Waals surface area contributed by atoms with Crippen molar-refractivity contribution in [2.75, 3.05) is 33.3 Å². The Hall–Kier alpha value is -0.120. The molecule has 1 fully saturated rings. The van der Waals surface area contributed by atoms with Crippen LogP contribution < -0.4 is 5.32 Å². The van der Waals surface area contributed by atoms with Gasteiger partial charge in [-0.1, -0.05) is 0 Å². The zero-order chi connectivity index (χ0) is 8.10. The molecule has 0 bridgehead atoms. The van der Waals surface area contributed by atoms with Gasteiger partial charge in [0.2, 0.25) is 0 Å². The van der Waals surface area contributed by atoms with Crippen LogP contribution in [-0.2, 0) is 0 Å². The SMILES string of the molecule is CN1CC(NCCCCO)C1. The summed E-state index contributed by atoms with van der Waals surface area (Å²) in [4.78, 5) is 2.30. The quantitative estimate of drug-likeness (QED) is 0.537. The first-order chi connectivity index (χ1) is 5.33. The van der Waals surface area contributed by atoms with Gasteiger partial charge in [0.05, 0.1) is 0 Å². The van der Waals surface area contributed by atoms with Crippen molar-refractivity contribution in [3.8, 4) is 0 Å². The van der Waals surface area contributed by atoms with Gasteiger partial charge in [-0.15, -0.1) is 0 Å². The minimum Gasteiger partial charge on any atom is -0.396 e. The van der Waals surface area contributed by atoms with E-state index in [1.165, 1.54) is 13.1 Å². The van der Waals surface area contributed by atoms with Crippen LogP contribution in [0.4, 0.5) is 0 Å². The molecule has 0 spiro atoms. The zero-order valence-electron chi connectivity index (χ0n) is 7.21. The predicted molar refractivity (Wildman–Crippen MR) is 45.6 cm³/mol. The Morgan fingerprint density at radius 3 is 2.73 bits per heavy atom. The Morgan fingerprint density at radius 1 is 1.45 bits per heavy atom. The third kappa shape index (κ3) is 3.18. The van der Waals surface area contributed by atoms with Crippen LogP contribution in [0.5, 0.6) is 0 Å². The maximum atomic E-state index is 8.51. The minimum atomic E-state index is 0.326. The zero-order valence-corrected chi connectivity index (χ0v) is 7.21. The number of aliphatic hydroxyl groups is 1. The lowest BCUT2D eigenvalue weighted by molar-refractivity contribution is 0.161. The van der Waals surface area contributed by atoms with Gasteiger partial charge in [-0.3, -0.25) is 0 Å². The van der Waals surface area contributed by atoms with Gasteiger partial charge in [-0.2, -0.15) is 0 Å². The summed E-state index contributed by atoms with van der Waals surface area (Å²) in [5.41, 5.74) is 0. The van der Waals surface area contributed by atoms with Gasteiger partial charge >= 0.3 is 0 Å². The van der Waals surface area contributed by atoms with Crippen molar-refractivity contribution in [3.05, 3.63) is 0 Å². The summed E-state index contributed by atoms with van der Waals surface area (Å²) in [6, 6.07) is 0.707. The molecule has 1 heterocycles. The van der Waals surface area contributed by atoms with E-state index >= 15 is 0 Å². The number of rotatable bonds is 5. The van der Waals surface area contributed by atoms with E-state index in [1.54, 1.807) is 0 Å². The molecule has 0 amide bonds. The minimum absolute atomic E-state index is 0.326. The van der Waals surface area contributed by atoms with Crippen LogP contribution in [0.25, 0.3) is 0 Å².